The Morgan fingerprint density at radius 3 is 1.57 bits per heavy atom. The molecule has 0 saturated heterocycles. The Labute approximate surface area is 137 Å². The summed E-state index contributed by atoms with van der Waals surface area (Å²) in [6.07, 6.45) is 0. The molecule has 0 radical (unpaired) electrons. The fourth-order valence-corrected chi connectivity index (χ4v) is 4.76. The number of hydrogen-bond acceptors (Lipinski definition) is 3. The van der Waals surface area contributed by atoms with Crippen LogP contribution in [0.5, 0.6) is 0 Å². The fourth-order valence-electron chi connectivity index (χ4n) is 2.09. The maximum Gasteiger partial charge on any atom is 0.0723 e. The molecule has 2 rings (SSSR count). The van der Waals surface area contributed by atoms with Crippen molar-refractivity contribution in [3.8, 4) is 0 Å². The number of thioether (sulfide) groups is 2. The van der Waals surface area contributed by atoms with Crippen molar-refractivity contribution in [1.82, 2.24) is 4.90 Å². The van der Waals surface area contributed by atoms with E-state index in [0.717, 1.165) is 19.6 Å². The summed E-state index contributed by atoms with van der Waals surface area (Å²) in [4.78, 5) is 5.19. The maximum atomic E-state index is 2.50. The monoisotopic (exact) mass is 317 g/mol. The first-order chi connectivity index (χ1) is 10.3. The first-order valence-electron chi connectivity index (χ1n) is 7.47. The molecule has 0 aliphatic carbocycles. The summed E-state index contributed by atoms with van der Waals surface area (Å²) in [5.74, 6) is 0. The molecule has 0 heterocycles. The van der Waals surface area contributed by atoms with Crippen LogP contribution in [-0.2, 0) is 0 Å². The van der Waals surface area contributed by atoms with Crippen LogP contribution in [0.4, 0.5) is 0 Å². The third-order valence-corrected chi connectivity index (χ3v) is 5.81. The average molecular weight is 318 g/mol. The summed E-state index contributed by atoms with van der Waals surface area (Å²) in [6.45, 7) is 7.80. The molecule has 0 aliphatic rings. The van der Waals surface area contributed by atoms with E-state index in [1.807, 2.05) is 23.5 Å². The van der Waals surface area contributed by atoms with Crippen LogP contribution in [0.15, 0.2) is 70.5 Å². The molecule has 0 bridgehead atoms. The predicted molar refractivity (Wildman–Crippen MR) is 96.2 cm³/mol. The van der Waals surface area contributed by atoms with E-state index in [1.54, 1.807) is 0 Å². The smallest absolute Gasteiger partial charge is 0.0723 e. The molecule has 3 heteroatoms. The van der Waals surface area contributed by atoms with Crippen LogP contribution < -0.4 is 0 Å². The molecule has 0 unspecified atom stereocenters. The SMILES string of the molecule is CCN(CC)CC(Sc1ccccc1)Sc1ccccc1. The van der Waals surface area contributed by atoms with Crippen LogP contribution in [0.25, 0.3) is 0 Å². The van der Waals surface area contributed by atoms with E-state index in [4.69, 9.17) is 0 Å². The van der Waals surface area contributed by atoms with Gasteiger partial charge in [-0.3, -0.25) is 0 Å². The van der Waals surface area contributed by atoms with Crippen molar-refractivity contribution in [2.45, 2.75) is 28.2 Å². The van der Waals surface area contributed by atoms with Gasteiger partial charge in [0.2, 0.25) is 0 Å². The summed E-state index contributed by atoms with van der Waals surface area (Å²) in [6, 6.07) is 21.4. The summed E-state index contributed by atoms with van der Waals surface area (Å²) >= 11 is 3.93. The number of nitrogens with zero attached hydrogens (tertiary/aromatic N) is 1. The van der Waals surface area contributed by atoms with Crippen LogP contribution in [0.2, 0.25) is 0 Å². The van der Waals surface area contributed by atoms with Crippen molar-refractivity contribution in [3.05, 3.63) is 60.7 Å². The Hall–Kier alpha value is -0.900. The lowest BCUT2D eigenvalue weighted by atomic mass is 10.4. The second-order valence-electron chi connectivity index (χ2n) is 4.78. The summed E-state index contributed by atoms with van der Waals surface area (Å²) in [5.41, 5.74) is 0. The van der Waals surface area contributed by atoms with Crippen LogP contribution in [0, 0.1) is 0 Å². The van der Waals surface area contributed by atoms with Gasteiger partial charge in [-0.25, -0.2) is 0 Å². The molecule has 112 valence electrons. The van der Waals surface area contributed by atoms with E-state index in [-0.39, 0.29) is 0 Å². The van der Waals surface area contributed by atoms with Crippen LogP contribution in [0.3, 0.4) is 0 Å². The third-order valence-electron chi connectivity index (χ3n) is 3.32. The van der Waals surface area contributed by atoms with Crippen LogP contribution in [-0.4, -0.2) is 29.1 Å². The molecule has 0 atom stereocenters. The summed E-state index contributed by atoms with van der Waals surface area (Å²) in [7, 11) is 0. The zero-order chi connectivity index (χ0) is 14.9. The minimum Gasteiger partial charge on any atom is -0.302 e. The van der Waals surface area contributed by atoms with Crippen LogP contribution >= 0.6 is 23.5 Å². The van der Waals surface area contributed by atoms with E-state index in [9.17, 15) is 0 Å². The maximum absolute atomic E-state index is 2.50. The second kappa shape index (κ2) is 9.19. The zero-order valence-electron chi connectivity index (χ0n) is 12.7. The minimum absolute atomic E-state index is 0.509. The molecule has 0 amide bonds. The van der Waals surface area contributed by atoms with E-state index >= 15 is 0 Å². The highest BCUT2D eigenvalue weighted by molar-refractivity contribution is 8.17. The first-order valence-corrected chi connectivity index (χ1v) is 9.23. The molecule has 0 fully saturated rings. The lowest BCUT2D eigenvalue weighted by Gasteiger charge is -2.24. The van der Waals surface area contributed by atoms with Crippen molar-refractivity contribution >= 4 is 23.5 Å². The summed E-state index contributed by atoms with van der Waals surface area (Å²) < 4.78 is 0.509. The Kier molecular flexibility index (Phi) is 7.20. The largest absolute Gasteiger partial charge is 0.302 e. The number of benzene rings is 2. The highest BCUT2D eigenvalue weighted by atomic mass is 32.2. The Balaban J connectivity index is 2.06. The van der Waals surface area contributed by atoms with Gasteiger partial charge in [-0.15, -0.1) is 23.5 Å². The van der Waals surface area contributed by atoms with Crippen molar-refractivity contribution in [2.75, 3.05) is 19.6 Å². The molecule has 2 aromatic rings. The van der Waals surface area contributed by atoms with Crippen molar-refractivity contribution < 1.29 is 0 Å². The molecular formula is C18H23NS2. The normalized spacial score (nSPS) is 11.2. The quantitative estimate of drug-likeness (QED) is 0.484. The van der Waals surface area contributed by atoms with Gasteiger partial charge in [-0.05, 0) is 37.4 Å². The Bertz CT molecular complexity index is 456. The topological polar surface area (TPSA) is 3.24 Å². The lowest BCUT2D eigenvalue weighted by molar-refractivity contribution is 0.319. The van der Waals surface area contributed by atoms with Gasteiger partial charge in [0, 0.05) is 16.3 Å². The van der Waals surface area contributed by atoms with E-state index in [2.05, 4.69) is 79.4 Å². The Morgan fingerprint density at radius 2 is 1.19 bits per heavy atom. The van der Waals surface area contributed by atoms with Crippen LogP contribution in [0.1, 0.15) is 13.8 Å². The highest BCUT2D eigenvalue weighted by Crippen LogP contribution is 2.35. The molecule has 0 saturated carbocycles. The minimum atomic E-state index is 0.509. The van der Waals surface area contributed by atoms with Gasteiger partial charge < -0.3 is 4.90 Å². The number of rotatable bonds is 8. The summed E-state index contributed by atoms with van der Waals surface area (Å²) in [5, 5.41) is 0. The van der Waals surface area contributed by atoms with Gasteiger partial charge in [0.25, 0.3) is 0 Å². The van der Waals surface area contributed by atoms with Gasteiger partial charge in [0.1, 0.15) is 0 Å². The molecule has 0 spiro atoms. The lowest BCUT2D eigenvalue weighted by Crippen LogP contribution is -2.29. The fraction of sp³-hybridized carbons (Fsp3) is 0.333. The molecule has 0 aromatic heterocycles. The van der Waals surface area contributed by atoms with E-state index < -0.39 is 0 Å². The van der Waals surface area contributed by atoms with Crippen molar-refractivity contribution in [2.24, 2.45) is 0 Å². The number of hydrogen-bond donors (Lipinski definition) is 0. The van der Waals surface area contributed by atoms with E-state index in [0.29, 0.717) is 4.58 Å². The van der Waals surface area contributed by atoms with Crippen molar-refractivity contribution in [3.63, 3.8) is 0 Å². The molecular weight excluding hydrogens is 294 g/mol. The predicted octanol–water partition coefficient (Wildman–Crippen LogP) is 5.24. The van der Waals surface area contributed by atoms with Gasteiger partial charge in [0.15, 0.2) is 0 Å². The van der Waals surface area contributed by atoms with Gasteiger partial charge in [0.05, 0.1) is 4.58 Å². The third kappa shape index (κ3) is 5.77. The molecule has 1 nitrogen and oxygen atoms in total. The molecule has 0 aliphatic heterocycles. The zero-order valence-corrected chi connectivity index (χ0v) is 14.4. The average Bonchev–Trinajstić information content (AvgIpc) is 2.54. The van der Waals surface area contributed by atoms with Gasteiger partial charge >= 0.3 is 0 Å². The highest BCUT2D eigenvalue weighted by Gasteiger charge is 2.15. The Morgan fingerprint density at radius 1 is 0.762 bits per heavy atom. The molecule has 2 aromatic carbocycles. The first kappa shape index (κ1) is 16.5. The van der Waals surface area contributed by atoms with Crippen molar-refractivity contribution in [1.29, 1.82) is 0 Å². The van der Waals surface area contributed by atoms with Gasteiger partial charge in [-0.2, -0.15) is 0 Å². The van der Waals surface area contributed by atoms with Gasteiger partial charge in [-0.1, -0.05) is 50.2 Å². The van der Waals surface area contributed by atoms with E-state index in [1.165, 1.54) is 9.79 Å². The standard InChI is InChI=1S/C18H23NS2/c1-3-19(4-2)15-18(20-16-11-7-5-8-12-16)21-17-13-9-6-10-14-17/h5-14,18H,3-4,15H2,1-2H3. The molecule has 0 N–H and O–H groups in total. The second-order valence-corrected chi connectivity index (χ2v) is 7.63. The molecule has 21 heavy (non-hydrogen) atoms.